The molecule has 2 atom stereocenters. The Morgan fingerprint density at radius 3 is 1.80 bits per heavy atom. The van der Waals surface area contributed by atoms with Gasteiger partial charge in [0.2, 0.25) is 0 Å². The predicted octanol–water partition coefficient (Wildman–Crippen LogP) is 2.37. The molecule has 0 amide bonds. The number of hydrogen-bond donors (Lipinski definition) is 0. The molecule has 0 aromatic carbocycles. The quantitative estimate of drug-likeness (QED) is 0.503. The molecule has 1 fully saturated rings. The molecule has 1 aliphatic heterocycles. The Morgan fingerprint density at radius 1 is 1.20 bits per heavy atom. The van der Waals surface area contributed by atoms with E-state index in [1.54, 1.807) is 0 Å². The van der Waals surface area contributed by atoms with Gasteiger partial charge in [-0.05, 0) is 26.3 Å². The Bertz CT molecular complexity index is 70.8. The average Bonchev–Trinajstić information content (AvgIpc) is 2.16. The van der Waals surface area contributed by atoms with Crippen LogP contribution >= 0.6 is 0 Å². The van der Waals surface area contributed by atoms with Gasteiger partial charge in [-0.15, -0.1) is 0 Å². The molecule has 2 unspecified atom stereocenters. The van der Waals surface area contributed by atoms with E-state index in [0.29, 0.717) is 0 Å². The average molecular weight is 143 g/mol. The van der Waals surface area contributed by atoms with Crippen molar-refractivity contribution in [2.24, 2.45) is 5.92 Å². The molecule has 1 heterocycles. The van der Waals surface area contributed by atoms with E-state index in [0.717, 1.165) is 12.0 Å². The summed E-state index contributed by atoms with van der Waals surface area (Å²) >= 11 is 0. The van der Waals surface area contributed by atoms with E-state index in [1.807, 2.05) is 13.8 Å². The van der Waals surface area contributed by atoms with Gasteiger partial charge in [-0.2, -0.15) is 0 Å². The maximum absolute atomic E-state index is 2.42. The molecule has 0 saturated carbocycles. The van der Waals surface area contributed by atoms with Crippen molar-refractivity contribution in [3.05, 3.63) is 0 Å². The minimum atomic E-state index is 0.824. The summed E-state index contributed by atoms with van der Waals surface area (Å²) in [6, 6.07) is 0.824. The van der Waals surface area contributed by atoms with Crippen LogP contribution in [0.5, 0.6) is 0 Å². The van der Waals surface area contributed by atoms with Crippen LogP contribution in [0.4, 0.5) is 0 Å². The molecule has 0 aromatic heterocycles. The van der Waals surface area contributed by atoms with Crippen molar-refractivity contribution in [3.63, 3.8) is 0 Å². The summed E-state index contributed by atoms with van der Waals surface area (Å²) in [6.45, 7) is 9.91. The van der Waals surface area contributed by atoms with Crippen molar-refractivity contribution in [1.29, 1.82) is 0 Å². The lowest BCUT2D eigenvalue weighted by Gasteiger charge is -2.12. The first-order valence-electron chi connectivity index (χ1n) is 4.40. The molecule has 0 aromatic rings. The van der Waals surface area contributed by atoms with Crippen LogP contribution in [0.25, 0.3) is 0 Å². The van der Waals surface area contributed by atoms with Gasteiger partial charge in [0.05, 0.1) is 0 Å². The smallest absolute Gasteiger partial charge is 0.00670 e. The zero-order chi connectivity index (χ0) is 8.15. The highest BCUT2D eigenvalue weighted by molar-refractivity contribution is 4.76. The molecule has 1 saturated heterocycles. The third kappa shape index (κ3) is 2.70. The van der Waals surface area contributed by atoms with Crippen LogP contribution in [-0.2, 0) is 0 Å². The third-order valence-electron chi connectivity index (χ3n) is 2.10. The van der Waals surface area contributed by atoms with Crippen molar-refractivity contribution >= 4 is 0 Å². The summed E-state index contributed by atoms with van der Waals surface area (Å²) in [5.41, 5.74) is 0. The summed E-state index contributed by atoms with van der Waals surface area (Å²) < 4.78 is 0. The highest BCUT2D eigenvalue weighted by atomic mass is 15.1. The van der Waals surface area contributed by atoms with Gasteiger partial charge in [-0.3, -0.25) is 0 Å². The molecule has 62 valence electrons. The minimum Gasteiger partial charge on any atom is -0.303 e. The molecular weight excluding hydrogens is 122 g/mol. The molecule has 1 rings (SSSR count). The van der Waals surface area contributed by atoms with Crippen molar-refractivity contribution in [2.75, 3.05) is 13.6 Å². The third-order valence-corrected chi connectivity index (χ3v) is 2.10. The first kappa shape index (κ1) is 9.96. The Kier molecular flexibility index (Phi) is 4.71. The maximum atomic E-state index is 2.42. The van der Waals surface area contributed by atoms with E-state index < -0.39 is 0 Å². The Balaban J connectivity index is 0.000000371. The van der Waals surface area contributed by atoms with Crippen LogP contribution in [-0.4, -0.2) is 24.5 Å². The van der Waals surface area contributed by atoms with Crippen LogP contribution < -0.4 is 0 Å². The summed E-state index contributed by atoms with van der Waals surface area (Å²) in [5, 5.41) is 0. The highest BCUT2D eigenvalue weighted by Crippen LogP contribution is 2.19. The van der Waals surface area contributed by atoms with Gasteiger partial charge in [0.1, 0.15) is 0 Å². The monoisotopic (exact) mass is 143 g/mol. The van der Waals surface area contributed by atoms with Gasteiger partial charge in [-0.1, -0.05) is 20.8 Å². The van der Waals surface area contributed by atoms with Gasteiger partial charge in [-0.25, -0.2) is 0 Å². The number of nitrogens with zero attached hydrogens (tertiary/aromatic N) is 1. The molecule has 0 bridgehead atoms. The van der Waals surface area contributed by atoms with Crippen molar-refractivity contribution < 1.29 is 0 Å². The Hall–Kier alpha value is -0.0400. The van der Waals surface area contributed by atoms with Crippen LogP contribution in [0.3, 0.4) is 0 Å². The molecule has 10 heavy (non-hydrogen) atoms. The van der Waals surface area contributed by atoms with Crippen molar-refractivity contribution in [3.8, 4) is 0 Å². The fourth-order valence-corrected chi connectivity index (χ4v) is 1.51. The van der Waals surface area contributed by atoms with Crippen LogP contribution in [0, 0.1) is 5.92 Å². The summed E-state index contributed by atoms with van der Waals surface area (Å²) in [4.78, 5) is 2.42. The minimum absolute atomic E-state index is 0.824. The molecular formula is C9H21N. The summed E-state index contributed by atoms with van der Waals surface area (Å²) in [7, 11) is 2.20. The van der Waals surface area contributed by atoms with E-state index in [2.05, 4.69) is 25.8 Å². The molecule has 0 spiro atoms. The first-order chi connectivity index (χ1) is 4.70. The van der Waals surface area contributed by atoms with E-state index >= 15 is 0 Å². The lowest BCUT2D eigenvalue weighted by Crippen LogP contribution is -2.21. The predicted molar refractivity (Wildman–Crippen MR) is 47.2 cm³/mol. The fourth-order valence-electron chi connectivity index (χ4n) is 1.51. The fraction of sp³-hybridized carbons (Fsp3) is 1.00. The van der Waals surface area contributed by atoms with Crippen LogP contribution in [0.1, 0.15) is 34.1 Å². The second kappa shape index (κ2) is 4.73. The van der Waals surface area contributed by atoms with Gasteiger partial charge < -0.3 is 4.90 Å². The number of hydrogen-bond acceptors (Lipinski definition) is 1. The summed E-state index contributed by atoms with van der Waals surface area (Å²) in [6.07, 6.45) is 1.39. The van der Waals surface area contributed by atoms with E-state index in [4.69, 9.17) is 0 Å². The highest BCUT2D eigenvalue weighted by Gasteiger charge is 2.21. The lowest BCUT2D eigenvalue weighted by atomic mass is 10.1. The van der Waals surface area contributed by atoms with E-state index in [-0.39, 0.29) is 0 Å². The van der Waals surface area contributed by atoms with Gasteiger partial charge in [0.15, 0.2) is 0 Å². The van der Waals surface area contributed by atoms with Crippen LogP contribution in [0.2, 0.25) is 0 Å². The van der Waals surface area contributed by atoms with Crippen molar-refractivity contribution in [2.45, 2.75) is 40.2 Å². The van der Waals surface area contributed by atoms with Crippen molar-refractivity contribution in [1.82, 2.24) is 4.90 Å². The SMILES string of the molecule is CC.CC1CC(C)N(C)C1. The molecule has 0 aliphatic carbocycles. The Labute approximate surface area is 65.4 Å². The van der Waals surface area contributed by atoms with Gasteiger partial charge in [0, 0.05) is 12.6 Å². The molecule has 1 heteroatoms. The molecule has 0 radical (unpaired) electrons. The zero-order valence-electron chi connectivity index (χ0n) is 8.02. The standard InChI is InChI=1S/C7H15N.C2H6/c1-6-4-7(2)8(3)5-6;1-2/h6-7H,4-5H2,1-3H3;1-2H3. The van der Waals surface area contributed by atoms with Gasteiger partial charge in [0.25, 0.3) is 0 Å². The zero-order valence-corrected chi connectivity index (χ0v) is 8.02. The Morgan fingerprint density at radius 2 is 1.70 bits per heavy atom. The second-order valence-electron chi connectivity index (χ2n) is 3.13. The molecule has 1 aliphatic rings. The number of rotatable bonds is 0. The topological polar surface area (TPSA) is 3.24 Å². The normalized spacial score (nSPS) is 33.3. The maximum Gasteiger partial charge on any atom is 0.00670 e. The lowest BCUT2D eigenvalue weighted by molar-refractivity contribution is 0.327. The largest absolute Gasteiger partial charge is 0.303 e. The van der Waals surface area contributed by atoms with E-state index in [9.17, 15) is 0 Å². The first-order valence-corrected chi connectivity index (χ1v) is 4.40. The molecule has 1 nitrogen and oxygen atoms in total. The van der Waals surface area contributed by atoms with Gasteiger partial charge >= 0.3 is 0 Å². The summed E-state index contributed by atoms with van der Waals surface area (Å²) in [5.74, 6) is 0.926. The number of likely N-dealkylation sites (tertiary alicyclic amines) is 1. The van der Waals surface area contributed by atoms with E-state index in [1.165, 1.54) is 13.0 Å². The van der Waals surface area contributed by atoms with Crippen LogP contribution in [0.15, 0.2) is 0 Å². The molecule has 0 N–H and O–H groups in total. The second-order valence-corrected chi connectivity index (χ2v) is 3.13.